The maximum atomic E-state index is 13.3. The fourth-order valence-electron chi connectivity index (χ4n) is 5.24. The van der Waals surface area contributed by atoms with Gasteiger partial charge in [-0.3, -0.25) is 15.0 Å². The van der Waals surface area contributed by atoms with Crippen LogP contribution in [0.25, 0.3) is 10.9 Å². The molecule has 1 aromatic heterocycles. The van der Waals surface area contributed by atoms with E-state index in [1.807, 2.05) is 13.0 Å². The van der Waals surface area contributed by atoms with Gasteiger partial charge in [-0.2, -0.15) is 0 Å². The van der Waals surface area contributed by atoms with E-state index in [0.29, 0.717) is 42.4 Å². The molecule has 7 nitrogen and oxygen atoms in total. The van der Waals surface area contributed by atoms with E-state index >= 15 is 0 Å². The van der Waals surface area contributed by atoms with E-state index in [9.17, 15) is 19.8 Å². The molecule has 1 unspecified atom stereocenters. The molecule has 0 saturated heterocycles. The van der Waals surface area contributed by atoms with Crippen molar-refractivity contribution in [2.45, 2.75) is 94.7 Å². The molecule has 31 heavy (non-hydrogen) atoms. The molecule has 1 heterocycles. The topological polar surface area (TPSA) is 104 Å². The number of benzene rings is 1. The van der Waals surface area contributed by atoms with Crippen LogP contribution in [-0.4, -0.2) is 37.0 Å². The zero-order chi connectivity index (χ0) is 22.1. The fourth-order valence-corrected chi connectivity index (χ4v) is 5.24. The third kappa shape index (κ3) is 4.53. The summed E-state index contributed by atoms with van der Waals surface area (Å²) in [5.41, 5.74) is 0.905. The number of carbonyl (C=O) groups excluding carboxylic acids is 1. The smallest absolute Gasteiger partial charge is 0.280 e. The summed E-state index contributed by atoms with van der Waals surface area (Å²) in [6.07, 6.45) is 8.23. The number of rotatable bonds is 5. The number of nitrogens with one attached hydrogen (secondary N) is 1. The van der Waals surface area contributed by atoms with E-state index in [-0.39, 0.29) is 12.0 Å². The van der Waals surface area contributed by atoms with Gasteiger partial charge < -0.3 is 10.2 Å². The number of aromatic nitrogens is 2. The third-order valence-electron chi connectivity index (χ3n) is 7.22. The molecule has 2 saturated carbocycles. The monoisotopic (exact) mass is 427 g/mol. The van der Waals surface area contributed by atoms with Gasteiger partial charge >= 0.3 is 0 Å². The first kappa shape index (κ1) is 22.0. The van der Waals surface area contributed by atoms with Gasteiger partial charge in [-0.25, -0.2) is 9.66 Å². The molecule has 1 atom stereocenters. The van der Waals surface area contributed by atoms with Crippen molar-refractivity contribution in [2.24, 2.45) is 0 Å². The van der Waals surface area contributed by atoms with E-state index in [1.54, 1.807) is 18.2 Å². The van der Waals surface area contributed by atoms with Crippen molar-refractivity contribution in [3.63, 3.8) is 0 Å². The molecule has 168 valence electrons. The van der Waals surface area contributed by atoms with Crippen LogP contribution in [0.4, 0.5) is 0 Å². The second kappa shape index (κ2) is 8.71. The number of amides is 1. The van der Waals surface area contributed by atoms with Crippen molar-refractivity contribution in [1.29, 1.82) is 0 Å². The molecule has 2 aliphatic rings. The quantitative estimate of drug-likeness (QED) is 0.679. The van der Waals surface area contributed by atoms with E-state index in [0.717, 1.165) is 38.5 Å². The molecule has 0 bridgehead atoms. The molecule has 0 aliphatic heterocycles. The first-order valence-electron chi connectivity index (χ1n) is 11.6. The summed E-state index contributed by atoms with van der Waals surface area (Å²) >= 11 is 0. The maximum absolute atomic E-state index is 13.3. The van der Waals surface area contributed by atoms with Gasteiger partial charge in [-0.1, -0.05) is 57.6 Å². The van der Waals surface area contributed by atoms with Gasteiger partial charge in [0.1, 0.15) is 5.82 Å². The Balaban J connectivity index is 1.70. The average molecular weight is 428 g/mol. The predicted octanol–water partition coefficient (Wildman–Crippen LogP) is 3.35. The van der Waals surface area contributed by atoms with Crippen LogP contribution >= 0.6 is 0 Å². The largest absolute Gasteiger partial charge is 0.389 e. The SMILES string of the molecule is CC(c1nc2ccccc2c(=O)n1NC(=O)CC1(O)CCCCC1)C1(O)CCCCC1. The Labute approximate surface area is 182 Å². The van der Waals surface area contributed by atoms with Gasteiger partial charge in [0.2, 0.25) is 5.91 Å². The van der Waals surface area contributed by atoms with E-state index in [2.05, 4.69) is 5.43 Å². The molecule has 7 heteroatoms. The van der Waals surface area contributed by atoms with Crippen LogP contribution in [0.3, 0.4) is 0 Å². The lowest BCUT2D eigenvalue weighted by molar-refractivity contribution is -0.123. The van der Waals surface area contributed by atoms with Crippen molar-refractivity contribution in [3.05, 3.63) is 40.4 Å². The minimum atomic E-state index is -1.02. The highest BCUT2D eigenvalue weighted by atomic mass is 16.3. The lowest BCUT2D eigenvalue weighted by atomic mass is 9.76. The molecular formula is C24H33N3O4. The minimum absolute atomic E-state index is 0.0512. The van der Waals surface area contributed by atoms with Crippen LogP contribution in [0.5, 0.6) is 0 Å². The van der Waals surface area contributed by atoms with Crippen LogP contribution in [0, 0.1) is 0 Å². The van der Waals surface area contributed by atoms with Crippen molar-refractivity contribution in [1.82, 2.24) is 9.66 Å². The third-order valence-corrected chi connectivity index (χ3v) is 7.22. The first-order valence-corrected chi connectivity index (χ1v) is 11.6. The Morgan fingerprint density at radius 2 is 1.68 bits per heavy atom. The van der Waals surface area contributed by atoms with Gasteiger partial charge in [0, 0.05) is 5.92 Å². The molecule has 2 aromatic rings. The van der Waals surface area contributed by atoms with Gasteiger partial charge in [-0.15, -0.1) is 0 Å². The minimum Gasteiger partial charge on any atom is -0.389 e. The van der Waals surface area contributed by atoms with Crippen LogP contribution in [0.2, 0.25) is 0 Å². The molecule has 1 amide bonds. The van der Waals surface area contributed by atoms with Crippen molar-refractivity contribution in [2.75, 3.05) is 5.43 Å². The van der Waals surface area contributed by atoms with E-state index < -0.39 is 23.0 Å². The first-order chi connectivity index (χ1) is 14.8. The van der Waals surface area contributed by atoms with Crippen molar-refractivity contribution < 1.29 is 15.0 Å². The lowest BCUT2D eigenvalue weighted by Crippen LogP contribution is -2.45. The molecule has 2 fully saturated rings. The van der Waals surface area contributed by atoms with Gasteiger partial charge in [0.15, 0.2) is 0 Å². The van der Waals surface area contributed by atoms with Gasteiger partial charge in [0.05, 0.1) is 28.5 Å². The zero-order valence-corrected chi connectivity index (χ0v) is 18.3. The van der Waals surface area contributed by atoms with Crippen LogP contribution in [-0.2, 0) is 4.79 Å². The zero-order valence-electron chi connectivity index (χ0n) is 18.3. The lowest BCUT2D eigenvalue weighted by Gasteiger charge is -2.38. The number of para-hydroxylation sites is 1. The fraction of sp³-hybridized carbons (Fsp3) is 0.625. The standard InChI is InChI=1S/C24H33N3O4/c1-17(24(31)14-8-3-9-15-24)21-25-19-11-5-4-10-18(19)22(29)27(21)26-20(28)16-23(30)12-6-2-7-13-23/h4-5,10-11,17,30-31H,2-3,6-9,12-16H2,1H3,(H,26,28). The number of hydrogen-bond donors (Lipinski definition) is 3. The highest BCUT2D eigenvalue weighted by molar-refractivity contribution is 5.85. The second-order valence-electron chi connectivity index (χ2n) is 9.51. The number of hydrogen-bond acceptors (Lipinski definition) is 5. The Morgan fingerprint density at radius 3 is 2.35 bits per heavy atom. The number of nitrogens with zero attached hydrogens (tertiary/aromatic N) is 2. The average Bonchev–Trinajstić information content (AvgIpc) is 2.76. The predicted molar refractivity (Wildman–Crippen MR) is 119 cm³/mol. The Kier molecular flexibility index (Phi) is 6.17. The molecule has 3 N–H and O–H groups in total. The summed E-state index contributed by atoms with van der Waals surface area (Å²) in [5, 5.41) is 22.5. The van der Waals surface area contributed by atoms with Crippen LogP contribution in [0.1, 0.15) is 89.3 Å². The normalized spacial score (nSPS) is 21.5. The number of fused-ring (bicyclic) bond motifs is 1. The van der Waals surface area contributed by atoms with Crippen molar-refractivity contribution >= 4 is 16.8 Å². The summed E-state index contributed by atoms with van der Waals surface area (Å²) in [6, 6.07) is 7.04. The summed E-state index contributed by atoms with van der Waals surface area (Å²) in [7, 11) is 0. The molecule has 0 spiro atoms. The molecule has 1 aromatic carbocycles. The second-order valence-corrected chi connectivity index (χ2v) is 9.51. The Hall–Kier alpha value is -2.25. The van der Waals surface area contributed by atoms with Crippen molar-refractivity contribution in [3.8, 4) is 0 Å². The molecule has 2 aliphatic carbocycles. The molecular weight excluding hydrogens is 394 g/mol. The van der Waals surface area contributed by atoms with Gasteiger partial charge in [0.25, 0.3) is 5.56 Å². The van der Waals surface area contributed by atoms with E-state index in [4.69, 9.17) is 4.98 Å². The Morgan fingerprint density at radius 1 is 1.06 bits per heavy atom. The number of aliphatic hydroxyl groups is 2. The highest BCUT2D eigenvalue weighted by Crippen LogP contribution is 2.39. The van der Waals surface area contributed by atoms with Crippen LogP contribution in [0.15, 0.2) is 29.1 Å². The summed E-state index contributed by atoms with van der Waals surface area (Å²) in [5.74, 6) is -0.479. The maximum Gasteiger partial charge on any atom is 0.280 e. The molecule has 0 radical (unpaired) electrons. The van der Waals surface area contributed by atoms with Crippen LogP contribution < -0.4 is 11.0 Å². The summed E-state index contributed by atoms with van der Waals surface area (Å²) in [4.78, 5) is 30.9. The number of carbonyl (C=O) groups is 1. The summed E-state index contributed by atoms with van der Waals surface area (Å²) in [6.45, 7) is 1.87. The summed E-state index contributed by atoms with van der Waals surface area (Å²) < 4.78 is 1.20. The molecule has 4 rings (SSSR count). The van der Waals surface area contributed by atoms with Gasteiger partial charge in [-0.05, 0) is 37.8 Å². The Bertz CT molecular complexity index is 1000. The van der Waals surface area contributed by atoms with E-state index in [1.165, 1.54) is 4.68 Å². The highest BCUT2D eigenvalue weighted by Gasteiger charge is 2.39.